The molecule has 2 aromatic rings. The second-order valence-corrected chi connectivity index (χ2v) is 10.1. The van der Waals surface area contributed by atoms with Gasteiger partial charge in [-0.1, -0.05) is 19.9 Å². The van der Waals surface area contributed by atoms with E-state index in [2.05, 4.69) is 10.6 Å². The van der Waals surface area contributed by atoms with Gasteiger partial charge in [-0.3, -0.25) is 9.59 Å². The largest absolute Gasteiger partial charge is 0.492 e. The highest BCUT2D eigenvalue weighted by atomic mass is 32.2. The number of carbonyl (C=O) groups excluding carboxylic acids is 2. The Kier molecular flexibility index (Phi) is 7.99. The third kappa shape index (κ3) is 5.59. The fourth-order valence-corrected chi connectivity index (χ4v) is 4.31. The van der Waals surface area contributed by atoms with Gasteiger partial charge in [-0.15, -0.1) is 11.3 Å². The lowest BCUT2D eigenvalue weighted by molar-refractivity contribution is -0.118. The van der Waals surface area contributed by atoms with Crippen molar-refractivity contribution in [1.82, 2.24) is 9.62 Å². The first kappa shape index (κ1) is 23.8. The van der Waals surface area contributed by atoms with Gasteiger partial charge in [-0.05, 0) is 42.5 Å². The van der Waals surface area contributed by atoms with Crippen LogP contribution in [0.25, 0.3) is 0 Å². The minimum absolute atomic E-state index is 0.0455. The summed E-state index contributed by atoms with van der Waals surface area (Å²) in [5, 5.41) is 7.23. The highest BCUT2D eigenvalue weighted by Gasteiger charge is 2.27. The number of carbonyl (C=O) groups is 2. The number of ether oxygens (including phenoxy) is 1. The zero-order valence-electron chi connectivity index (χ0n) is 17.6. The summed E-state index contributed by atoms with van der Waals surface area (Å²) >= 11 is 1.29. The van der Waals surface area contributed by atoms with Gasteiger partial charge in [0.1, 0.15) is 16.7 Å². The van der Waals surface area contributed by atoms with Gasteiger partial charge in [0, 0.05) is 19.8 Å². The van der Waals surface area contributed by atoms with Crippen molar-refractivity contribution in [2.75, 3.05) is 26.0 Å². The van der Waals surface area contributed by atoms with E-state index in [1.165, 1.54) is 37.6 Å². The summed E-state index contributed by atoms with van der Waals surface area (Å²) in [5.41, 5.74) is 0.292. The van der Waals surface area contributed by atoms with Gasteiger partial charge in [-0.2, -0.15) is 0 Å². The zero-order valence-corrected chi connectivity index (χ0v) is 19.3. The second kappa shape index (κ2) is 10.1. The minimum Gasteiger partial charge on any atom is -0.492 e. The molecule has 1 unspecified atom stereocenters. The van der Waals surface area contributed by atoms with Crippen molar-refractivity contribution in [2.45, 2.75) is 31.7 Å². The van der Waals surface area contributed by atoms with Crippen molar-refractivity contribution >= 4 is 38.9 Å². The third-order valence-corrected chi connectivity index (χ3v) is 6.96. The molecule has 1 heterocycles. The Morgan fingerprint density at radius 2 is 1.90 bits per heavy atom. The van der Waals surface area contributed by atoms with E-state index in [-0.39, 0.29) is 22.5 Å². The van der Waals surface area contributed by atoms with Crippen LogP contribution in [0.5, 0.6) is 5.75 Å². The molecule has 0 aliphatic carbocycles. The van der Waals surface area contributed by atoms with Crippen molar-refractivity contribution in [3.63, 3.8) is 0 Å². The van der Waals surface area contributed by atoms with E-state index in [0.717, 1.165) is 4.31 Å². The quantitative estimate of drug-likeness (QED) is 0.607. The highest BCUT2D eigenvalue weighted by molar-refractivity contribution is 7.89. The number of nitrogens with zero attached hydrogens (tertiary/aromatic N) is 1. The number of rotatable bonds is 9. The first-order valence-corrected chi connectivity index (χ1v) is 11.7. The predicted octanol–water partition coefficient (Wildman–Crippen LogP) is 2.79. The van der Waals surface area contributed by atoms with Gasteiger partial charge in [0.2, 0.25) is 15.9 Å². The van der Waals surface area contributed by atoms with Gasteiger partial charge >= 0.3 is 0 Å². The molecule has 0 radical (unpaired) electrons. The summed E-state index contributed by atoms with van der Waals surface area (Å²) in [6, 6.07) is 7.08. The molecule has 0 bridgehead atoms. The standard InChI is InChI=1S/C20H27N3O5S2/c1-6-28-15-10-9-14(12-17(15)30(26,27)23(4)5)21-20(25)18(13(2)3)22-19(24)16-8-7-11-29-16/h7-13,18H,6H2,1-5H3,(H,21,25)(H,22,24). The summed E-state index contributed by atoms with van der Waals surface area (Å²) in [6.07, 6.45) is 0. The van der Waals surface area contributed by atoms with Crippen molar-refractivity contribution < 1.29 is 22.7 Å². The molecule has 2 rings (SSSR count). The van der Waals surface area contributed by atoms with Gasteiger partial charge in [-0.25, -0.2) is 12.7 Å². The van der Waals surface area contributed by atoms with Crippen LogP contribution in [-0.4, -0.2) is 51.3 Å². The first-order valence-electron chi connectivity index (χ1n) is 9.42. The fourth-order valence-electron chi connectivity index (χ4n) is 2.63. The number of sulfonamides is 1. The first-order chi connectivity index (χ1) is 14.1. The number of nitrogens with one attached hydrogen (secondary N) is 2. The van der Waals surface area contributed by atoms with Crippen LogP contribution < -0.4 is 15.4 Å². The molecular formula is C20H27N3O5S2. The summed E-state index contributed by atoms with van der Waals surface area (Å²) in [7, 11) is -0.941. The number of benzene rings is 1. The summed E-state index contributed by atoms with van der Waals surface area (Å²) in [4.78, 5) is 25.7. The van der Waals surface area contributed by atoms with E-state index in [9.17, 15) is 18.0 Å². The maximum Gasteiger partial charge on any atom is 0.262 e. The fraction of sp³-hybridized carbons (Fsp3) is 0.400. The maximum absolute atomic E-state index is 12.9. The summed E-state index contributed by atoms with van der Waals surface area (Å²) in [5.74, 6) is -0.745. The van der Waals surface area contributed by atoms with E-state index in [4.69, 9.17) is 4.74 Å². The molecule has 10 heteroatoms. The zero-order chi connectivity index (χ0) is 22.5. The van der Waals surface area contributed by atoms with Crippen LogP contribution in [0.2, 0.25) is 0 Å². The third-order valence-electron chi connectivity index (χ3n) is 4.25. The van der Waals surface area contributed by atoms with Crippen LogP contribution >= 0.6 is 11.3 Å². The lowest BCUT2D eigenvalue weighted by Crippen LogP contribution is -2.47. The van der Waals surface area contributed by atoms with E-state index < -0.39 is 22.0 Å². The molecular weight excluding hydrogens is 426 g/mol. The van der Waals surface area contributed by atoms with Gasteiger partial charge in [0.25, 0.3) is 5.91 Å². The maximum atomic E-state index is 12.9. The molecule has 1 aromatic carbocycles. The normalized spacial score (nSPS) is 12.6. The minimum atomic E-state index is -3.78. The van der Waals surface area contributed by atoms with Gasteiger partial charge in [0.15, 0.2) is 0 Å². The average molecular weight is 454 g/mol. The van der Waals surface area contributed by atoms with Crippen LogP contribution in [0.3, 0.4) is 0 Å². The molecule has 1 atom stereocenters. The predicted molar refractivity (Wildman–Crippen MR) is 118 cm³/mol. The Bertz CT molecular complexity index is 986. The Hall–Kier alpha value is -2.43. The van der Waals surface area contributed by atoms with Crippen LogP contribution in [0, 0.1) is 5.92 Å². The van der Waals surface area contributed by atoms with Gasteiger partial charge < -0.3 is 15.4 Å². The van der Waals surface area contributed by atoms with Crippen LogP contribution in [0.15, 0.2) is 40.6 Å². The topological polar surface area (TPSA) is 105 Å². The van der Waals surface area contributed by atoms with E-state index >= 15 is 0 Å². The lowest BCUT2D eigenvalue weighted by atomic mass is 10.0. The molecule has 0 saturated carbocycles. The SMILES string of the molecule is CCOc1ccc(NC(=O)C(NC(=O)c2cccs2)C(C)C)cc1S(=O)(=O)N(C)C. The van der Waals surface area contributed by atoms with Crippen LogP contribution in [0.4, 0.5) is 5.69 Å². The number of amides is 2. The van der Waals surface area contributed by atoms with Crippen molar-refractivity contribution in [1.29, 1.82) is 0 Å². The Labute approximate surface area is 181 Å². The van der Waals surface area contributed by atoms with E-state index in [0.29, 0.717) is 17.2 Å². The monoisotopic (exact) mass is 453 g/mol. The molecule has 2 N–H and O–H groups in total. The summed E-state index contributed by atoms with van der Waals surface area (Å²) in [6.45, 7) is 5.69. The van der Waals surface area contributed by atoms with Crippen molar-refractivity contribution in [3.8, 4) is 5.75 Å². The molecule has 30 heavy (non-hydrogen) atoms. The Morgan fingerprint density at radius 1 is 1.20 bits per heavy atom. The average Bonchev–Trinajstić information content (AvgIpc) is 3.21. The van der Waals surface area contributed by atoms with E-state index in [1.54, 1.807) is 30.5 Å². The molecule has 0 spiro atoms. The lowest BCUT2D eigenvalue weighted by Gasteiger charge is -2.22. The number of hydrogen-bond acceptors (Lipinski definition) is 6. The number of hydrogen-bond donors (Lipinski definition) is 2. The summed E-state index contributed by atoms with van der Waals surface area (Å²) < 4.78 is 31.8. The molecule has 8 nitrogen and oxygen atoms in total. The van der Waals surface area contributed by atoms with Crippen molar-refractivity contribution in [3.05, 3.63) is 40.6 Å². The molecule has 1 aromatic heterocycles. The molecule has 0 aliphatic heterocycles. The van der Waals surface area contributed by atoms with Crippen LogP contribution in [-0.2, 0) is 14.8 Å². The molecule has 164 valence electrons. The van der Waals surface area contributed by atoms with E-state index in [1.807, 2.05) is 13.8 Å². The molecule has 2 amide bonds. The van der Waals surface area contributed by atoms with Crippen LogP contribution in [0.1, 0.15) is 30.4 Å². The Morgan fingerprint density at radius 3 is 2.43 bits per heavy atom. The van der Waals surface area contributed by atoms with Gasteiger partial charge in [0.05, 0.1) is 11.5 Å². The second-order valence-electron chi connectivity index (χ2n) is 7.04. The molecule has 0 fully saturated rings. The van der Waals surface area contributed by atoms with Crippen molar-refractivity contribution in [2.24, 2.45) is 5.92 Å². The highest BCUT2D eigenvalue weighted by Crippen LogP contribution is 2.29. The molecule has 0 aliphatic rings. The number of anilines is 1. The Balaban J connectivity index is 2.28. The smallest absolute Gasteiger partial charge is 0.262 e. The molecule has 0 saturated heterocycles. The number of thiophene rings is 1.